The Bertz CT molecular complexity index is 521. The first-order chi connectivity index (χ1) is 9.15. The number of hydrogen-bond acceptors (Lipinski definition) is 2. The molecule has 0 radical (unpaired) electrons. The quantitative estimate of drug-likeness (QED) is 0.920. The van der Waals surface area contributed by atoms with Crippen LogP contribution >= 0.6 is 0 Å². The molecule has 0 spiro atoms. The summed E-state index contributed by atoms with van der Waals surface area (Å²) < 4.78 is 3.89. The van der Waals surface area contributed by atoms with Crippen LogP contribution in [0.5, 0.6) is 0 Å². The molecule has 2 aromatic rings. The summed E-state index contributed by atoms with van der Waals surface area (Å²) in [6.45, 7) is 2.86. The van der Waals surface area contributed by atoms with E-state index in [2.05, 4.69) is 12.0 Å². The first-order valence-electron chi connectivity index (χ1n) is 7.03. The summed E-state index contributed by atoms with van der Waals surface area (Å²) in [4.78, 5) is 0. The lowest BCUT2D eigenvalue weighted by Crippen LogP contribution is -2.38. The molecule has 4 heteroatoms. The molecular formula is C15H21N3O. The molecule has 0 bridgehead atoms. The molecule has 2 heterocycles. The van der Waals surface area contributed by atoms with Crippen molar-refractivity contribution in [2.24, 2.45) is 5.92 Å². The summed E-state index contributed by atoms with van der Waals surface area (Å²) in [5, 5.41) is 15.0. The van der Waals surface area contributed by atoms with E-state index in [1.165, 1.54) is 0 Å². The van der Waals surface area contributed by atoms with Crippen LogP contribution in [0.4, 0.5) is 0 Å². The number of aromatic nitrogens is 3. The van der Waals surface area contributed by atoms with E-state index < -0.39 is 5.60 Å². The van der Waals surface area contributed by atoms with Crippen molar-refractivity contribution in [3.63, 3.8) is 0 Å². The van der Waals surface area contributed by atoms with Crippen molar-refractivity contribution < 1.29 is 5.11 Å². The lowest BCUT2D eigenvalue weighted by atomic mass is 9.79. The van der Waals surface area contributed by atoms with Crippen LogP contribution < -0.4 is 0 Å². The summed E-state index contributed by atoms with van der Waals surface area (Å²) in [5.74, 6) is 0.744. The zero-order valence-electron chi connectivity index (χ0n) is 11.4. The molecule has 1 saturated carbocycles. The van der Waals surface area contributed by atoms with E-state index in [-0.39, 0.29) is 0 Å². The Kier molecular flexibility index (Phi) is 3.19. The minimum atomic E-state index is -0.577. The number of hydrogen-bond donors (Lipinski definition) is 1. The Balaban J connectivity index is 1.70. The van der Waals surface area contributed by atoms with Gasteiger partial charge in [-0.15, -0.1) is 0 Å². The average molecular weight is 259 g/mol. The molecule has 19 heavy (non-hydrogen) atoms. The monoisotopic (exact) mass is 259 g/mol. The molecule has 0 atom stereocenters. The van der Waals surface area contributed by atoms with Crippen LogP contribution in [0.3, 0.4) is 0 Å². The fourth-order valence-electron chi connectivity index (χ4n) is 2.84. The molecule has 102 valence electrons. The molecule has 1 N–H and O–H groups in total. The van der Waals surface area contributed by atoms with Gasteiger partial charge >= 0.3 is 0 Å². The van der Waals surface area contributed by atoms with E-state index in [0.29, 0.717) is 6.54 Å². The molecule has 4 nitrogen and oxygen atoms in total. The third-order valence-corrected chi connectivity index (χ3v) is 4.18. The maximum Gasteiger partial charge on any atom is 0.0843 e. The van der Waals surface area contributed by atoms with Crippen molar-refractivity contribution in [3.05, 3.63) is 36.9 Å². The lowest BCUT2D eigenvalue weighted by Gasteiger charge is -2.34. The molecule has 1 aliphatic carbocycles. The summed E-state index contributed by atoms with van der Waals surface area (Å²) in [6.07, 6.45) is 11.8. The molecule has 0 saturated heterocycles. The maximum absolute atomic E-state index is 10.6. The van der Waals surface area contributed by atoms with E-state index >= 15 is 0 Å². The van der Waals surface area contributed by atoms with Crippen LogP contribution in [0, 0.1) is 5.92 Å². The topological polar surface area (TPSA) is 43.0 Å². The van der Waals surface area contributed by atoms with E-state index in [1.54, 1.807) is 0 Å². The van der Waals surface area contributed by atoms with Crippen LogP contribution in [0.15, 0.2) is 36.9 Å². The largest absolute Gasteiger partial charge is 0.388 e. The molecule has 1 aliphatic rings. The van der Waals surface area contributed by atoms with Crippen LogP contribution in [0.2, 0.25) is 0 Å². The second-order valence-corrected chi connectivity index (χ2v) is 5.89. The number of nitrogens with zero attached hydrogens (tertiary/aromatic N) is 3. The predicted octanol–water partition coefficient (Wildman–Crippen LogP) is 2.62. The van der Waals surface area contributed by atoms with Gasteiger partial charge in [0.1, 0.15) is 0 Å². The van der Waals surface area contributed by atoms with Crippen molar-refractivity contribution in [2.45, 2.75) is 44.8 Å². The van der Waals surface area contributed by atoms with E-state index in [9.17, 15) is 5.11 Å². The molecule has 0 amide bonds. The van der Waals surface area contributed by atoms with Gasteiger partial charge in [0.15, 0.2) is 0 Å². The molecular weight excluding hydrogens is 238 g/mol. The fraction of sp³-hybridized carbons (Fsp3) is 0.533. The Morgan fingerprint density at radius 1 is 1.32 bits per heavy atom. The van der Waals surface area contributed by atoms with Gasteiger partial charge in [0, 0.05) is 18.6 Å². The maximum atomic E-state index is 10.6. The van der Waals surface area contributed by atoms with Gasteiger partial charge in [-0.3, -0.25) is 4.68 Å². The first-order valence-corrected chi connectivity index (χ1v) is 7.03. The van der Waals surface area contributed by atoms with Crippen LogP contribution in [0.1, 0.15) is 32.6 Å². The highest BCUT2D eigenvalue weighted by molar-refractivity contribution is 5.26. The van der Waals surface area contributed by atoms with Crippen molar-refractivity contribution in [3.8, 4) is 5.69 Å². The van der Waals surface area contributed by atoms with E-state index in [1.807, 2.05) is 46.2 Å². The number of aliphatic hydroxyl groups is 1. The molecule has 2 aromatic heterocycles. The van der Waals surface area contributed by atoms with Gasteiger partial charge in [0.2, 0.25) is 0 Å². The zero-order valence-corrected chi connectivity index (χ0v) is 11.4. The second kappa shape index (κ2) is 4.85. The van der Waals surface area contributed by atoms with Crippen LogP contribution in [0.25, 0.3) is 5.69 Å². The third-order valence-electron chi connectivity index (χ3n) is 4.18. The summed E-state index contributed by atoms with van der Waals surface area (Å²) in [7, 11) is 0. The molecule has 1 fully saturated rings. The SMILES string of the molecule is CC1CCC(O)(Cn2cc(-n3cccc3)cn2)CC1. The Morgan fingerprint density at radius 3 is 2.68 bits per heavy atom. The van der Waals surface area contributed by atoms with Gasteiger partial charge in [-0.25, -0.2) is 0 Å². The van der Waals surface area contributed by atoms with Gasteiger partial charge in [-0.2, -0.15) is 5.10 Å². The lowest BCUT2D eigenvalue weighted by molar-refractivity contribution is -0.0243. The molecule has 0 aliphatic heterocycles. The van der Waals surface area contributed by atoms with Crippen LogP contribution in [-0.4, -0.2) is 25.1 Å². The van der Waals surface area contributed by atoms with Gasteiger partial charge in [0.05, 0.1) is 24.0 Å². The van der Waals surface area contributed by atoms with E-state index in [4.69, 9.17) is 0 Å². The zero-order chi connectivity index (χ0) is 13.3. The molecule has 0 unspecified atom stereocenters. The Morgan fingerprint density at radius 2 is 2.00 bits per heavy atom. The normalized spacial score (nSPS) is 27.6. The minimum absolute atomic E-state index is 0.577. The smallest absolute Gasteiger partial charge is 0.0843 e. The second-order valence-electron chi connectivity index (χ2n) is 5.89. The summed E-state index contributed by atoms with van der Waals surface area (Å²) >= 11 is 0. The predicted molar refractivity (Wildman–Crippen MR) is 74.1 cm³/mol. The number of rotatable bonds is 3. The Labute approximate surface area is 113 Å². The van der Waals surface area contributed by atoms with Crippen LogP contribution in [-0.2, 0) is 6.54 Å². The van der Waals surface area contributed by atoms with Gasteiger partial charge < -0.3 is 9.67 Å². The highest BCUT2D eigenvalue weighted by Crippen LogP contribution is 2.32. The van der Waals surface area contributed by atoms with Crippen molar-refractivity contribution in [1.29, 1.82) is 0 Å². The van der Waals surface area contributed by atoms with Gasteiger partial charge in [-0.1, -0.05) is 6.92 Å². The molecule has 0 aromatic carbocycles. The molecule has 3 rings (SSSR count). The minimum Gasteiger partial charge on any atom is -0.388 e. The highest BCUT2D eigenvalue weighted by atomic mass is 16.3. The first kappa shape index (κ1) is 12.5. The Hall–Kier alpha value is -1.55. The summed E-state index contributed by atoms with van der Waals surface area (Å²) in [5.41, 5.74) is 0.463. The standard InChI is InChI=1S/C15H21N3O/c1-13-4-6-15(19,7-5-13)12-18-11-14(10-16-18)17-8-2-3-9-17/h2-3,8-11,13,19H,4-7,12H2,1H3. The van der Waals surface area contributed by atoms with Gasteiger partial charge in [0.25, 0.3) is 0 Å². The average Bonchev–Trinajstić information content (AvgIpc) is 3.03. The van der Waals surface area contributed by atoms with Crippen molar-refractivity contribution in [1.82, 2.24) is 14.3 Å². The highest BCUT2D eigenvalue weighted by Gasteiger charge is 2.32. The van der Waals surface area contributed by atoms with Crippen molar-refractivity contribution >= 4 is 0 Å². The van der Waals surface area contributed by atoms with Gasteiger partial charge in [-0.05, 0) is 43.7 Å². The fourth-order valence-corrected chi connectivity index (χ4v) is 2.84. The van der Waals surface area contributed by atoms with E-state index in [0.717, 1.165) is 37.3 Å². The van der Waals surface area contributed by atoms with Crippen molar-refractivity contribution in [2.75, 3.05) is 0 Å². The summed E-state index contributed by atoms with van der Waals surface area (Å²) in [6, 6.07) is 3.99. The third kappa shape index (κ3) is 2.73.